The minimum atomic E-state index is -3.25. The van der Waals surface area contributed by atoms with Crippen LogP contribution in [0.3, 0.4) is 0 Å². The second-order valence-corrected chi connectivity index (χ2v) is 9.98. The Hall–Kier alpha value is -3.50. The molecule has 0 aliphatic carbocycles. The fourth-order valence-electron chi connectivity index (χ4n) is 3.39. The van der Waals surface area contributed by atoms with Crippen LogP contribution in [-0.2, 0) is 32.4 Å². The maximum atomic E-state index is 12.2. The number of amides is 2. The van der Waals surface area contributed by atoms with Gasteiger partial charge in [-0.25, -0.2) is 13.4 Å². The zero-order valence-corrected chi connectivity index (χ0v) is 19.7. The lowest BCUT2D eigenvalue weighted by atomic mass is 10.0. The number of nitrogens with zero attached hydrogens (tertiary/aromatic N) is 2. The van der Waals surface area contributed by atoms with Gasteiger partial charge in [-0.05, 0) is 41.7 Å². The minimum absolute atomic E-state index is 0.261. The smallest absolute Gasteiger partial charge is 0.309 e. The number of sulfone groups is 1. The monoisotopic (exact) mass is 484 g/mol. The average Bonchev–Trinajstić information content (AvgIpc) is 3.35. The fraction of sp³-hybridized carbons (Fsp3) is 0.292. The Morgan fingerprint density at radius 1 is 1.03 bits per heavy atom. The Balaban J connectivity index is 1.49. The molecule has 0 saturated carbocycles. The van der Waals surface area contributed by atoms with Gasteiger partial charge in [0.05, 0.1) is 23.9 Å². The highest BCUT2D eigenvalue weighted by atomic mass is 32.2. The summed E-state index contributed by atoms with van der Waals surface area (Å²) in [4.78, 5) is 28.4. The van der Waals surface area contributed by atoms with E-state index < -0.39 is 27.7 Å². The lowest BCUT2D eigenvalue weighted by Gasteiger charge is -2.16. The van der Waals surface area contributed by atoms with Gasteiger partial charge >= 0.3 is 11.8 Å². The number of aliphatic hydroxyl groups is 1. The molecule has 3 N–H and O–H groups in total. The minimum Gasteiger partial charge on any atom is -0.394 e. The SMILES string of the molecule is CS(=O)(=O)c1ccc(-c2ccc(C[C@@H](CO)NC(=O)C(=O)NCCCn3ccnc3)cc2)cc1. The van der Waals surface area contributed by atoms with E-state index in [9.17, 15) is 23.1 Å². The van der Waals surface area contributed by atoms with Crippen molar-refractivity contribution in [2.45, 2.75) is 30.3 Å². The molecule has 0 unspecified atom stereocenters. The molecule has 1 atom stereocenters. The average molecular weight is 485 g/mol. The molecular weight excluding hydrogens is 456 g/mol. The Morgan fingerprint density at radius 3 is 2.24 bits per heavy atom. The van der Waals surface area contributed by atoms with Crippen LogP contribution in [0.25, 0.3) is 11.1 Å². The van der Waals surface area contributed by atoms with Crippen molar-refractivity contribution in [3.8, 4) is 11.1 Å². The van der Waals surface area contributed by atoms with Crippen molar-refractivity contribution >= 4 is 21.7 Å². The lowest BCUT2D eigenvalue weighted by molar-refractivity contribution is -0.139. The third kappa shape index (κ3) is 7.26. The van der Waals surface area contributed by atoms with E-state index in [0.29, 0.717) is 25.9 Å². The van der Waals surface area contributed by atoms with E-state index >= 15 is 0 Å². The summed E-state index contributed by atoms with van der Waals surface area (Å²) in [5.74, 6) is -1.53. The molecule has 2 amide bonds. The maximum absolute atomic E-state index is 12.2. The summed E-state index contributed by atoms with van der Waals surface area (Å²) in [6.45, 7) is 0.716. The molecule has 0 saturated heterocycles. The van der Waals surface area contributed by atoms with Crippen LogP contribution in [-0.4, -0.2) is 60.3 Å². The van der Waals surface area contributed by atoms with Gasteiger partial charge in [0.1, 0.15) is 0 Å². The topological polar surface area (TPSA) is 130 Å². The van der Waals surface area contributed by atoms with Crippen LogP contribution in [0.5, 0.6) is 0 Å². The second-order valence-electron chi connectivity index (χ2n) is 7.96. The van der Waals surface area contributed by atoms with Crippen molar-refractivity contribution < 1.29 is 23.1 Å². The van der Waals surface area contributed by atoms with Crippen LogP contribution in [0.1, 0.15) is 12.0 Å². The van der Waals surface area contributed by atoms with E-state index in [2.05, 4.69) is 15.6 Å². The second kappa shape index (κ2) is 11.6. The van der Waals surface area contributed by atoms with Crippen LogP contribution in [0, 0.1) is 0 Å². The van der Waals surface area contributed by atoms with Crippen molar-refractivity contribution in [2.24, 2.45) is 0 Å². The molecule has 1 aromatic heterocycles. The molecule has 0 radical (unpaired) electrons. The molecule has 0 bridgehead atoms. The van der Waals surface area contributed by atoms with Gasteiger partial charge in [-0.1, -0.05) is 36.4 Å². The predicted octanol–water partition coefficient (Wildman–Crippen LogP) is 1.18. The van der Waals surface area contributed by atoms with Crippen LogP contribution < -0.4 is 10.6 Å². The number of rotatable bonds is 10. The van der Waals surface area contributed by atoms with Gasteiger partial charge in [0, 0.05) is 31.7 Å². The summed E-state index contributed by atoms with van der Waals surface area (Å²) in [7, 11) is -3.25. The maximum Gasteiger partial charge on any atom is 0.309 e. The zero-order chi connectivity index (χ0) is 24.6. The van der Waals surface area contributed by atoms with Crippen LogP contribution in [0.15, 0.2) is 72.1 Å². The first kappa shape index (κ1) is 25.1. The molecule has 0 spiro atoms. The van der Waals surface area contributed by atoms with E-state index in [1.165, 1.54) is 6.26 Å². The van der Waals surface area contributed by atoms with Crippen molar-refractivity contribution in [3.63, 3.8) is 0 Å². The van der Waals surface area contributed by atoms with E-state index in [1.807, 2.05) is 35.0 Å². The molecule has 0 fully saturated rings. The lowest BCUT2D eigenvalue weighted by Crippen LogP contribution is -2.47. The highest BCUT2D eigenvalue weighted by Crippen LogP contribution is 2.22. The number of imidazole rings is 1. The molecule has 34 heavy (non-hydrogen) atoms. The molecule has 2 aromatic carbocycles. The van der Waals surface area contributed by atoms with Gasteiger partial charge in [-0.15, -0.1) is 0 Å². The number of aliphatic hydroxyl groups excluding tert-OH is 1. The highest BCUT2D eigenvalue weighted by Gasteiger charge is 2.18. The summed E-state index contributed by atoms with van der Waals surface area (Å²) >= 11 is 0. The largest absolute Gasteiger partial charge is 0.394 e. The van der Waals surface area contributed by atoms with Gasteiger partial charge in [-0.3, -0.25) is 9.59 Å². The first-order chi connectivity index (χ1) is 16.3. The van der Waals surface area contributed by atoms with Gasteiger partial charge in [0.15, 0.2) is 9.84 Å². The molecule has 10 heteroatoms. The first-order valence-electron chi connectivity index (χ1n) is 10.8. The summed E-state index contributed by atoms with van der Waals surface area (Å²) in [6.07, 6.45) is 7.35. The molecule has 9 nitrogen and oxygen atoms in total. The van der Waals surface area contributed by atoms with E-state index in [1.54, 1.807) is 36.8 Å². The zero-order valence-electron chi connectivity index (χ0n) is 18.8. The standard InChI is InChI=1S/C24H28N4O5S/c1-34(32,33)22-9-7-20(8-10-22)19-5-3-18(4-6-19)15-21(16-29)27-24(31)23(30)26-11-2-13-28-14-12-25-17-28/h3-10,12,14,17,21,29H,2,11,13,15-16H2,1H3,(H,26,30)(H,27,31)/t21-/m0/s1. The molecule has 3 rings (SSSR count). The number of benzene rings is 2. The van der Waals surface area contributed by atoms with Crippen molar-refractivity contribution in [1.82, 2.24) is 20.2 Å². The van der Waals surface area contributed by atoms with Crippen LogP contribution >= 0.6 is 0 Å². The normalized spacial score (nSPS) is 12.2. The summed E-state index contributed by atoms with van der Waals surface area (Å²) in [6, 6.07) is 13.5. The van der Waals surface area contributed by atoms with Crippen molar-refractivity contribution in [2.75, 3.05) is 19.4 Å². The third-order valence-electron chi connectivity index (χ3n) is 5.25. The van der Waals surface area contributed by atoms with Crippen LogP contribution in [0.4, 0.5) is 0 Å². The van der Waals surface area contributed by atoms with Crippen LogP contribution in [0.2, 0.25) is 0 Å². The van der Waals surface area contributed by atoms with Crippen molar-refractivity contribution in [1.29, 1.82) is 0 Å². The fourth-order valence-corrected chi connectivity index (χ4v) is 4.02. The predicted molar refractivity (Wildman–Crippen MR) is 128 cm³/mol. The quantitative estimate of drug-likeness (QED) is 0.293. The molecule has 1 heterocycles. The van der Waals surface area contributed by atoms with Crippen molar-refractivity contribution in [3.05, 3.63) is 72.8 Å². The Bertz CT molecular complexity index is 1190. The number of carbonyl (C=O) groups excluding carboxylic acids is 2. The number of aryl methyl sites for hydroxylation is 1. The number of hydrogen-bond donors (Lipinski definition) is 3. The van der Waals surface area contributed by atoms with E-state index in [4.69, 9.17) is 0 Å². The molecule has 3 aromatic rings. The van der Waals surface area contributed by atoms with Gasteiger partial charge in [-0.2, -0.15) is 0 Å². The molecular formula is C24H28N4O5S. The third-order valence-corrected chi connectivity index (χ3v) is 6.38. The number of hydrogen-bond acceptors (Lipinski definition) is 6. The number of nitrogens with one attached hydrogen (secondary N) is 2. The molecule has 0 aliphatic heterocycles. The highest BCUT2D eigenvalue weighted by molar-refractivity contribution is 7.90. The molecule has 0 aliphatic rings. The number of aromatic nitrogens is 2. The summed E-state index contributed by atoms with van der Waals surface area (Å²) < 4.78 is 25.1. The Labute approximate surface area is 198 Å². The van der Waals surface area contributed by atoms with Gasteiger partial charge < -0.3 is 20.3 Å². The number of carbonyl (C=O) groups is 2. The Kier molecular flexibility index (Phi) is 8.55. The van der Waals surface area contributed by atoms with E-state index in [-0.39, 0.29) is 11.5 Å². The molecule has 180 valence electrons. The van der Waals surface area contributed by atoms with Gasteiger partial charge in [0.2, 0.25) is 0 Å². The van der Waals surface area contributed by atoms with Gasteiger partial charge in [0.25, 0.3) is 0 Å². The summed E-state index contributed by atoms with van der Waals surface area (Å²) in [5.41, 5.74) is 2.65. The van der Waals surface area contributed by atoms with E-state index in [0.717, 1.165) is 16.7 Å². The summed E-state index contributed by atoms with van der Waals surface area (Å²) in [5, 5.41) is 14.8. The Morgan fingerprint density at radius 2 is 1.68 bits per heavy atom. The first-order valence-corrected chi connectivity index (χ1v) is 12.7.